The highest BCUT2D eigenvalue weighted by Crippen LogP contribution is 2.21. The van der Waals surface area contributed by atoms with Gasteiger partial charge in [-0.2, -0.15) is 0 Å². The number of halogens is 3. The summed E-state index contributed by atoms with van der Waals surface area (Å²) < 4.78 is 49.5. The molecule has 45 heavy (non-hydrogen) atoms. The van der Waals surface area contributed by atoms with Crippen molar-refractivity contribution in [3.8, 4) is 0 Å². The minimum absolute atomic E-state index is 0.0378. The number of nitrogens with one attached hydrogen (secondary N) is 1. The second-order valence-corrected chi connectivity index (χ2v) is 10.4. The van der Waals surface area contributed by atoms with Crippen LogP contribution < -0.4 is 10.9 Å². The molecule has 0 unspecified atom stereocenters. The first kappa shape index (κ1) is 32.6. The standard InChI is InChI=1S/C31H31F3N6O5/c1-38(2)29(42)7-5-4-6-24(37-31(44)45-3)27(41)12-20-15-35-18-39(30(20)43)17-28-36-25-14-22(33)10-11-26(25)40(28)16-19-8-9-21(32)13-23(19)34/h5,7-11,13-15,18,24H,4,6,12,16-17H2,1-3H3,(H,37,44)/b7-5+/t24-/m0/s1. The second kappa shape index (κ2) is 14.5. The number of alkyl carbamates (subject to hydrolysis) is 1. The predicted molar refractivity (Wildman–Crippen MR) is 158 cm³/mol. The highest BCUT2D eigenvalue weighted by atomic mass is 19.1. The fourth-order valence-corrected chi connectivity index (χ4v) is 4.57. The van der Waals surface area contributed by atoms with E-state index in [0.29, 0.717) is 5.52 Å². The lowest BCUT2D eigenvalue weighted by Gasteiger charge is -2.16. The van der Waals surface area contributed by atoms with Gasteiger partial charge in [0.2, 0.25) is 5.91 Å². The van der Waals surface area contributed by atoms with Gasteiger partial charge < -0.3 is 19.5 Å². The van der Waals surface area contributed by atoms with Crippen molar-refractivity contribution in [2.24, 2.45) is 0 Å². The zero-order valence-electron chi connectivity index (χ0n) is 24.8. The number of aromatic nitrogens is 4. The third-order valence-electron chi connectivity index (χ3n) is 6.97. The maximum absolute atomic E-state index is 14.6. The zero-order valence-corrected chi connectivity index (χ0v) is 24.8. The van der Waals surface area contributed by atoms with Crippen LogP contribution in [0, 0.1) is 17.5 Å². The number of carbonyl (C=O) groups excluding carboxylic acids is 3. The maximum atomic E-state index is 14.6. The Balaban J connectivity index is 1.59. The number of carbonyl (C=O) groups is 3. The van der Waals surface area contributed by atoms with Gasteiger partial charge in [-0.05, 0) is 37.1 Å². The Morgan fingerprint density at radius 3 is 2.49 bits per heavy atom. The van der Waals surface area contributed by atoms with E-state index in [-0.39, 0.29) is 60.7 Å². The van der Waals surface area contributed by atoms with E-state index >= 15 is 0 Å². The Morgan fingerprint density at radius 2 is 1.78 bits per heavy atom. The van der Waals surface area contributed by atoms with Crippen LogP contribution in [0.2, 0.25) is 0 Å². The summed E-state index contributed by atoms with van der Waals surface area (Å²) in [4.78, 5) is 60.3. The molecule has 14 heteroatoms. The van der Waals surface area contributed by atoms with Gasteiger partial charge in [0, 0.05) is 50.0 Å². The third-order valence-corrected chi connectivity index (χ3v) is 6.97. The minimum Gasteiger partial charge on any atom is -0.453 e. The van der Waals surface area contributed by atoms with Gasteiger partial charge in [0.15, 0.2) is 5.78 Å². The number of allylic oxidation sites excluding steroid dienone is 1. The Morgan fingerprint density at radius 1 is 1.04 bits per heavy atom. The van der Waals surface area contributed by atoms with Gasteiger partial charge in [0.05, 0.1) is 43.6 Å². The fourth-order valence-electron chi connectivity index (χ4n) is 4.57. The van der Waals surface area contributed by atoms with Gasteiger partial charge in [0.1, 0.15) is 23.3 Å². The third kappa shape index (κ3) is 8.22. The van der Waals surface area contributed by atoms with E-state index in [1.807, 2.05) is 0 Å². The summed E-state index contributed by atoms with van der Waals surface area (Å²) in [6.45, 7) is -0.249. The number of ketones is 1. The van der Waals surface area contributed by atoms with Crippen molar-refractivity contribution in [1.29, 1.82) is 0 Å². The van der Waals surface area contributed by atoms with Crippen LogP contribution in [0.25, 0.3) is 11.0 Å². The number of Topliss-reactive ketones (excluding diaryl/α,β-unsaturated/α-hetero) is 1. The molecule has 0 saturated heterocycles. The normalized spacial score (nSPS) is 12.0. The van der Waals surface area contributed by atoms with E-state index in [1.54, 1.807) is 24.7 Å². The number of nitrogens with zero attached hydrogens (tertiary/aromatic N) is 5. The molecule has 4 rings (SSSR count). The first-order valence-corrected chi connectivity index (χ1v) is 13.8. The number of imidazole rings is 1. The number of hydrogen-bond acceptors (Lipinski definition) is 7. The Labute approximate surface area is 256 Å². The molecule has 1 atom stereocenters. The molecule has 0 aliphatic heterocycles. The van der Waals surface area contributed by atoms with Crippen LogP contribution in [0.1, 0.15) is 29.8 Å². The Hall–Kier alpha value is -5.27. The van der Waals surface area contributed by atoms with Crippen molar-refractivity contribution in [3.05, 3.63) is 106 Å². The lowest BCUT2D eigenvalue weighted by molar-refractivity contribution is -0.123. The summed E-state index contributed by atoms with van der Waals surface area (Å²) in [5.41, 5.74) is 0.342. The number of rotatable bonds is 12. The van der Waals surface area contributed by atoms with Crippen LogP contribution in [0.4, 0.5) is 18.0 Å². The number of likely N-dealkylation sites (N-methyl/N-ethyl adjacent to an activating group) is 1. The number of benzene rings is 2. The van der Waals surface area contributed by atoms with Crippen LogP contribution in [-0.2, 0) is 33.8 Å². The van der Waals surface area contributed by atoms with Gasteiger partial charge in [-0.25, -0.2) is 27.9 Å². The molecule has 236 valence electrons. The van der Waals surface area contributed by atoms with Crippen molar-refractivity contribution in [2.45, 2.75) is 38.4 Å². The van der Waals surface area contributed by atoms with Crippen LogP contribution in [0.5, 0.6) is 0 Å². The van der Waals surface area contributed by atoms with Crippen molar-refractivity contribution in [3.63, 3.8) is 0 Å². The maximum Gasteiger partial charge on any atom is 0.407 e. The van der Waals surface area contributed by atoms with E-state index in [4.69, 9.17) is 0 Å². The molecule has 0 aliphatic rings. The molecule has 4 aromatic rings. The highest BCUT2D eigenvalue weighted by molar-refractivity contribution is 5.89. The fraction of sp³-hybridized carbons (Fsp3) is 0.290. The van der Waals surface area contributed by atoms with Crippen LogP contribution in [-0.4, -0.2) is 69.0 Å². The molecule has 0 aliphatic carbocycles. The lowest BCUT2D eigenvalue weighted by atomic mass is 10.0. The van der Waals surface area contributed by atoms with E-state index < -0.39 is 40.9 Å². The molecule has 0 spiro atoms. The number of ether oxygens (including phenoxy) is 1. The van der Waals surface area contributed by atoms with Crippen molar-refractivity contribution < 1.29 is 32.3 Å². The molecule has 2 heterocycles. The zero-order chi connectivity index (χ0) is 32.7. The average molecular weight is 625 g/mol. The van der Waals surface area contributed by atoms with Crippen molar-refractivity contribution >= 4 is 28.8 Å². The summed E-state index contributed by atoms with van der Waals surface area (Å²) >= 11 is 0. The summed E-state index contributed by atoms with van der Waals surface area (Å²) in [5.74, 6) is -2.52. The van der Waals surface area contributed by atoms with Gasteiger partial charge in [0.25, 0.3) is 5.56 Å². The molecule has 2 aromatic heterocycles. The van der Waals surface area contributed by atoms with E-state index in [0.717, 1.165) is 19.2 Å². The van der Waals surface area contributed by atoms with E-state index in [2.05, 4.69) is 20.0 Å². The quantitative estimate of drug-likeness (QED) is 0.240. The number of methoxy groups -OCH3 is 1. The van der Waals surface area contributed by atoms with Gasteiger partial charge in [-0.3, -0.25) is 19.0 Å². The molecule has 2 aromatic carbocycles. The summed E-state index contributed by atoms with van der Waals surface area (Å²) in [6, 6.07) is 6.04. The Kier molecular flexibility index (Phi) is 10.5. The predicted octanol–water partition coefficient (Wildman–Crippen LogP) is 3.37. The minimum atomic E-state index is -1.02. The molecule has 0 radical (unpaired) electrons. The van der Waals surface area contributed by atoms with Gasteiger partial charge >= 0.3 is 6.09 Å². The van der Waals surface area contributed by atoms with Crippen LogP contribution in [0.3, 0.4) is 0 Å². The number of amides is 2. The summed E-state index contributed by atoms with van der Waals surface area (Å²) in [7, 11) is 4.34. The van der Waals surface area contributed by atoms with Crippen LogP contribution >= 0.6 is 0 Å². The summed E-state index contributed by atoms with van der Waals surface area (Å²) in [5, 5.41) is 2.46. The topological polar surface area (TPSA) is 128 Å². The average Bonchev–Trinajstić information content (AvgIpc) is 3.32. The SMILES string of the molecule is COC(=O)N[C@@H](CC/C=C/C(=O)N(C)C)C(=O)Cc1cncn(Cc2nc3cc(F)ccc3n2Cc2ccc(F)cc2F)c1=O. The van der Waals surface area contributed by atoms with Gasteiger partial charge in [-0.15, -0.1) is 0 Å². The smallest absolute Gasteiger partial charge is 0.407 e. The molecular formula is C31H31F3N6O5. The molecular weight excluding hydrogens is 593 g/mol. The number of fused-ring (bicyclic) bond motifs is 1. The molecule has 11 nitrogen and oxygen atoms in total. The van der Waals surface area contributed by atoms with Gasteiger partial charge in [-0.1, -0.05) is 12.1 Å². The molecule has 0 bridgehead atoms. The first-order valence-electron chi connectivity index (χ1n) is 13.8. The van der Waals surface area contributed by atoms with Crippen LogP contribution in [0.15, 0.2) is 65.9 Å². The first-order chi connectivity index (χ1) is 21.5. The molecule has 0 saturated carbocycles. The van der Waals surface area contributed by atoms with Crippen molar-refractivity contribution in [1.82, 2.24) is 29.3 Å². The lowest BCUT2D eigenvalue weighted by Crippen LogP contribution is -2.42. The number of hydrogen-bond donors (Lipinski definition) is 1. The van der Waals surface area contributed by atoms with E-state index in [9.17, 15) is 32.3 Å². The second-order valence-electron chi connectivity index (χ2n) is 10.4. The molecule has 0 fully saturated rings. The molecule has 2 amide bonds. The van der Waals surface area contributed by atoms with Crippen molar-refractivity contribution in [2.75, 3.05) is 21.2 Å². The Bertz CT molecular complexity index is 1820. The summed E-state index contributed by atoms with van der Waals surface area (Å²) in [6.07, 6.45) is 4.63. The highest BCUT2D eigenvalue weighted by Gasteiger charge is 2.23. The largest absolute Gasteiger partial charge is 0.453 e. The molecule has 1 N–H and O–H groups in total. The monoisotopic (exact) mass is 624 g/mol. The van der Waals surface area contributed by atoms with E-state index in [1.165, 1.54) is 52.3 Å².